The van der Waals surface area contributed by atoms with Gasteiger partial charge in [-0.05, 0) is 49.4 Å². The number of aliphatic carboxylic acids is 2. The number of carboxylic acid groups (broad SMARTS) is 2. The van der Waals surface area contributed by atoms with E-state index in [1.165, 1.54) is 0 Å². The Balaban J connectivity index is 2.00. The molecule has 4 unspecified atom stereocenters. The van der Waals surface area contributed by atoms with Crippen LogP contribution in [-0.2, 0) is 9.59 Å². The first kappa shape index (κ1) is 20.6. The number of nitrogens with zero attached hydrogens (tertiary/aromatic N) is 2. The number of hydrogen-bond acceptors (Lipinski definition) is 4. The molecule has 0 spiro atoms. The lowest BCUT2D eigenvalue weighted by Crippen LogP contribution is -2.49. The summed E-state index contributed by atoms with van der Waals surface area (Å²) < 4.78 is 0. The molecule has 26 heavy (non-hydrogen) atoms. The number of carboxylic acids is 2. The van der Waals surface area contributed by atoms with Crippen LogP contribution in [0.3, 0.4) is 0 Å². The second kappa shape index (κ2) is 7.12. The third kappa shape index (κ3) is 3.84. The van der Waals surface area contributed by atoms with Crippen molar-refractivity contribution in [3.05, 3.63) is 0 Å². The molecular weight excluding hydrogens is 332 g/mol. The number of carbonyl (C=O) groups is 2. The van der Waals surface area contributed by atoms with Crippen LogP contribution in [0.25, 0.3) is 0 Å². The predicted molar refractivity (Wildman–Crippen MR) is 101 cm³/mol. The van der Waals surface area contributed by atoms with Gasteiger partial charge in [0.2, 0.25) is 0 Å². The molecule has 2 saturated carbocycles. The fraction of sp³-hybridized carbons (Fsp3) is 0.800. The minimum Gasteiger partial charge on any atom is -0.481 e. The van der Waals surface area contributed by atoms with Gasteiger partial charge in [-0.1, -0.05) is 27.7 Å². The van der Waals surface area contributed by atoms with Crippen LogP contribution in [0.5, 0.6) is 0 Å². The van der Waals surface area contributed by atoms with Gasteiger partial charge in [-0.3, -0.25) is 9.59 Å². The van der Waals surface area contributed by atoms with Crippen LogP contribution in [0.15, 0.2) is 10.2 Å². The van der Waals surface area contributed by atoms with E-state index < -0.39 is 11.9 Å². The summed E-state index contributed by atoms with van der Waals surface area (Å²) in [7, 11) is 0. The second-order valence-corrected chi connectivity index (χ2v) is 9.29. The molecule has 0 amide bonds. The molecule has 6 heteroatoms. The Labute approximate surface area is 155 Å². The van der Waals surface area contributed by atoms with Crippen molar-refractivity contribution < 1.29 is 19.8 Å². The zero-order chi connectivity index (χ0) is 19.9. The molecule has 2 aliphatic carbocycles. The van der Waals surface area contributed by atoms with E-state index >= 15 is 0 Å². The van der Waals surface area contributed by atoms with E-state index in [1.54, 1.807) is 0 Å². The molecule has 2 N–H and O–H groups in total. The van der Waals surface area contributed by atoms with E-state index in [9.17, 15) is 9.59 Å². The first-order valence-corrected chi connectivity index (χ1v) is 9.39. The maximum absolute atomic E-state index is 11.0. The van der Waals surface area contributed by atoms with Gasteiger partial charge >= 0.3 is 11.9 Å². The molecule has 0 aromatic heterocycles. The Morgan fingerprint density at radius 3 is 1.35 bits per heavy atom. The van der Waals surface area contributed by atoms with E-state index in [0.717, 1.165) is 24.3 Å². The summed E-state index contributed by atoms with van der Waals surface area (Å²) in [5, 5.41) is 26.9. The summed E-state index contributed by atoms with van der Waals surface area (Å²) in [4.78, 5) is 21.9. The average molecular weight is 364 g/mol. The first-order valence-electron chi connectivity index (χ1n) is 9.39. The molecule has 0 saturated heterocycles. The van der Waals surface area contributed by atoms with E-state index in [1.807, 2.05) is 13.8 Å². The Kier molecular flexibility index (Phi) is 5.64. The monoisotopic (exact) mass is 364 g/mol. The van der Waals surface area contributed by atoms with E-state index in [4.69, 9.17) is 10.2 Å². The molecule has 0 radical (unpaired) electrons. The molecular formula is C20H32N2O4. The van der Waals surface area contributed by atoms with Crippen molar-refractivity contribution in [2.45, 2.75) is 67.2 Å². The van der Waals surface area contributed by atoms with Gasteiger partial charge < -0.3 is 10.2 Å². The van der Waals surface area contributed by atoms with Crippen LogP contribution >= 0.6 is 0 Å². The molecule has 0 aromatic rings. The van der Waals surface area contributed by atoms with Crippen molar-refractivity contribution in [3.63, 3.8) is 0 Å². The highest BCUT2D eigenvalue weighted by Crippen LogP contribution is 2.54. The molecule has 0 aromatic carbocycles. The van der Waals surface area contributed by atoms with Gasteiger partial charge in [0.25, 0.3) is 0 Å². The average Bonchev–Trinajstić information content (AvgIpc) is 2.51. The Hall–Kier alpha value is -1.72. The minimum absolute atomic E-state index is 0.0717. The summed E-state index contributed by atoms with van der Waals surface area (Å²) >= 11 is 0. The van der Waals surface area contributed by atoms with Gasteiger partial charge in [0.1, 0.15) is 0 Å². The predicted octanol–water partition coefficient (Wildman–Crippen LogP) is 4.10. The van der Waals surface area contributed by atoms with Crippen LogP contribution < -0.4 is 0 Å². The van der Waals surface area contributed by atoms with Crippen LogP contribution in [0.2, 0.25) is 0 Å². The Morgan fingerprint density at radius 2 is 1.12 bits per heavy atom. The van der Waals surface area contributed by atoms with Gasteiger partial charge in [0, 0.05) is 36.1 Å². The SMILES string of the molecule is C/C(=N\N=C(/C)C1CC(CC(=O)O)C1(C)C)C1CC(CC(=O)O)C1(C)C. The maximum atomic E-state index is 11.0. The molecule has 4 atom stereocenters. The van der Waals surface area contributed by atoms with E-state index in [-0.39, 0.29) is 47.3 Å². The van der Waals surface area contributed by atoms with E-state index in [0.29, 0.717) is 0 Å². The quantitative estimate of drug-likeness (QED) is 0.525. The molecule has 6 nitrogen and oxygen atoms in total. The molecule has 2 fully saturated rings. The first-order chi connectivity index (χ1) is 11.9. The normalized spacial score (nSPS) is 33.2. The fourth-order valence-electron chi connectivity index (χ4n) is 4.86. The molecule has 2 rings (SSSR count). The summed E-state index contributed by atoms with van der Waals surface area (Å²) in [6.45, 7) is 12.4. The molecule has 0 bridgehead atoms. The maximum Gasteiger partial charge on any atom is 0.303 e. The van der Waals surface area contributed by atoms with Gasteiger partial charge in [0.05, 0.1) is 0 Å². The van der Waals surface area contributed by atoms with Crippen molar-refractivity contribution in [3.8, 4) is 0 Å². The van der Waals surface area contributed by atoms with Crippen LogP contribution in [0.1, 0.15) is 67.2 Å². The topological polar surface area (TPSA) is 99.3 Å². The fourth-order valence-corrected chi connectivity index (χ4v) is 4.86. The second-order valence-electron chi connectivity index (χ2n) is 9.29. The number of rotatable bonds is 7. The van der Waals surface area contributed by atoms with Gasteiger partial charge in [-0.2, -0.15) is 10.2 Å². The molecule has 0 aliphatic heterocycles. The lowest BCUT2D eigenvalue weighted by molar-refractivity contribution is -0.142. The smallest absolute Gasteiger partial charge is 0.303 e. The molecule has 2 aliphatic rings. The third-order valence-corrected chi connectivity index (χ3v) is 7.16. The van der Waals surface area contributed by atoms with Crippen LogP contribution in [-0.4, -0.2) is 33.6 Å². The standard InChI is InChI=1S/C20H32N2O4/c1-11(15-7-13(9-17(23)24)19(15,3)4)21-22-12(2)16-8-14(10-18(25)26)20(16,5)6/h13-16H,7-10H2,1-6H3,(H,23,24)(H,25,26)/b21-11+,22-12+. The van der Waals surface area contributed by atoms with Gasteiger partial charge in [0.15, 0.2) is 0 Å². The zero-order valence-corrected chi connectivity index (χ0v) is 16.7. The highest BCUT2D eigenvalue weighted by molar-refractivity contribution is 5.90. The number of hydrogen-bond donors (Lipinski definition) is 2. The third-order valence-electron chi connectivity index (χ3n) is 7.16. The van der Waals surface area contributed by atoms with Crippen LogP contribution in [0, 0.1) is 34.5 Å². The van der Waals surface area contributed by atoms with Gasteiger partial charge in [-0.15, -0.1) is 0 Å². The largest absolute Gasteiger partial charge is 0.481 e. The highest BCUT2D eigenvalue weighted by atomic mass is 16.4. The Bertz CT molecular complexity index is 592. The minimum atomic E-state index is -0.742. The van der Waals surface area contributed by atoms with Crippen molar-refractivity contribution in [1.29, 1.82) is 0 Å². The molecule has 0 heterocycles. The van der Waals surface area contributed by atoms with Crippen LogP contribution in [0.4, 0.5) is 0 Å². The molecule has 146 valence electrons. The summed E-state index contributed by atoms with van der Waals surface area (Å²) in [6, 6.07) is 0. The Morgan fingerprint density at radius 1 is 0.808 bits per heavy atom. The van der Waals surface area contributed by atoms with E-state index in [2.05, 4.69) is 37.9 Å². The van der Waals surface area contributed by atoms with Crippen molar-refractivity contribution in [2.24, 2.45) is 44.7 Å². The van der Waals surface area contributed by atoms with Crippen molar-refractivity contribution >= 4 is 23.4 Å². The van der Waals surface area contributed by atoms with Crippen molar-refractivity contribution in [1.82, 2.24) is 0 Å². The zero-order valence-electron chi connectivity index (χ0n) is 16.7. The highest BCUT2D eigenvalue weighted by Gasteiger charge is 2.51. The summed E-state index contributed by atoms with van der Waals surface area (Å²) in [6.07, 6.45) is 2.11. The van der Waals surface area contributed by atoms with Gasteiger partial charge in [-0.25, -0.2) is 0 Å². The summed E-state index contributed by atoms with van der Waals surface area (Å²) in [5.41, 5.74) is 1.76. The van der Waals surface area contributed by atoms with Crippen molar-refractivity contribution in [2.75, 3.05) is 0 Å². The lowest BCUT2D eigenvalue weighted by atomic mass is 9.52. The lowest BCUT2D eigenvalue weighted by Gasteiger charge is -2.52. The summed E-state index contributed by atoms with van der Waals surface area (Å²) in [5.74, 6) is -0.596.